The second-order valence-corrected chi connectivity index (χ2v) is 3.74. The minimum atomic E-state index is -5.36. The molecule has 1 aromatic rings. The summed E-state index contributed by atoms with van der Waals surface area (Å²) in [6, 6.07) is 0.529. The molecule has 94 valence electrons. The van der Waals surface area contributed by atoms with Crippen LogP contribution in [0.2, 0.25) is 0 Å². The van der Waals surface area contributed by atoms with E-state index in [2.05, 4.69) is 20.7 Å². The van der Waals surface area contributed by atoms with Crippen LogP contribution >= 0.6 is 15.9 Å². The van der Waals surface area contributed by atoms with E-state index in [4.69, 9.17) is 0 Å². The zero-order valence-corrected chi connectivity index (χ0v) is 9.75. The maximum Gasteiger partial charge on any atom is 0.455 e. The molecule has 17 heavy (non-hydrogen) atoms. The third-order valence-electron chi connectivity index (χ3n) is 1.82. The molecule has 0 spiro atoms. The van der Waals surface area contributed by atoms with Gasteiger partial charge in [0.15, 0.2) is 11.6 Å². The Morgan fingerprint density at radius 2 is 1.88 bits per heavy atom. The first kappa shape index (κ1) is 13.9. The van der Waals surface area contributed by atoms with Crippen LogP contribution < -0.4 is 4.74 Å². The van der Waals surface area contributed by atoms with Crippen molar-refractivity contribution < 1.29 is 31.5 Å². The molecule has 0 amide bonds. The van der Waals surface area contributed by atoms with E-state index < -0.39 is 34.9 Å². The first-order chi connectivity index (χ1) is 7.70. The number of ether oxygens (including phenoxy) is 1. The second kappa shape index (κ2) is 4.59. The zero-order chi connectivity index (χ0) is 13.4. The molecule has 1 rings (SSSR count). The third-order valence-corrected chi connectivity index (χ3v) is 2.41. The molecule has 0 aliphatic carbocycles. The summed E-state index contributed by atoms with van der Waals surface area (Å²) in [6.07, 6.45) is -5.36. The van der Waals surface area contributed by atoms with Gasteiger partial charge in [-0.2, -0.15) is 13.2 Å². The van der Waals surface area contributed by atoms with Gasteiger partial charge in [0.05, 0.1) is 11.6 Å². The van der Waals surface area contributed by atoms with Crippen LogP contribution in [0.25, 0.3) is 0 Å². The normalized spacial score (nSPS) is 11.5. The Hall–Kier alpha value is -1.18. The highest BCUT2D eigenvalue weighted by atomic mass is 79.9. The van der Waals surface area contributed by atoms with Crippen molar-refractivity contribution in [2.45, 2.75) is 6.18 Å². The van der Waals surface area contributed by atoms with E-state index in [1.165, 1.54) is 0 Å². The molecule has 0 radical (unpaired) electrons. The summed E-state index contributed by atoms with van der Waals surface area (Å²) in [5, 5.41) is 0. The zero-order valence-electron chi connectivity index (χ0n) is 8.16. The van der Waals surface area contributed by atoms with E-state index in [1.807, 2.05) is 0 Å². The molecular formula is C9H4BrF5O2. The van der Waals surface area contributed by atoms with Gasteiger partial charge in [-0.1, -0.05) is 0 Å². The van der Waals surface area contributed by atoms with Crippen LogP contribution in [-0.2, 0) is 0 Å². The van der Waals surface area contributed by atoms with Crippen molar-refractivity contribution in [3.05, 3.63) is 27.7 Å². The number of carbonyl (C=O) groups excluding carboxylic acids is 1. The van der Waals surface area contributed by atoms with Crippen molar-refractivity contribution in [3.8, 4) is 5.75 Å². The Morgan fingerprint density at radius 3 is 2.29 bits per heavy atom. The van der Waals surface area contributed by atoms with Crippen molar-refractivity contribution in [2.75, 3.05) is 7.11 Å². The maximum absolute atomic E-state index is 13.5. The van der Waals surface area contributed by atoms with Crippen molar-refractivity contribution in [1.82, 2.24) is 0 Å². The van der Waals surface area contributed by atoms with E-state index in [9.17, 15) is 26.7 Å². The highest BCUT2D eigenvalue weighted by molar-refractivity contribution is 9.10. The molecular weight excluding hydrogens is 315 g/mol. The van der Waals surface area contributed by atoms with Crippen molar-refractivity contribution in [3.63, 3.8) is 0 Å². The highest BCUT2D eigenvalue weighted by Crippen LogP contribution is 2.34. The summed E-state index contributed by atoms with van der Waals surface area (Å²) in [4.78, 5) is 10.8. The third kappa shape index (κ3) is 2.56. The molecule has 8 heteroatoms. The standard InChI is InChI=1S/C9H4BrF5O2/c1-17-7-3(10)2-4(11)5(6(7)12)8(16)9(13,14)15/h2H,1H3. The largest absolute Gasteiger partial charge is 0.492 e. The number of carbonyl (C=O) groups is 1. The number of ketones is 1. The van der Waals surface area contributed by atoms with Gasteiger partial charge in [0.1, 0.15) is 11.4 Å². The SMILES string of the molecule is COc1c(Br)cc(F)c(C(=O)C(F)(F)F)c1F. The molecule has 0 aliphatic heterocycles. The first-order valence-corrected chi connectivity index (χ1v) is 4.82. The molecule has 0 unspecified atom stereocenters. The molecule has 0 fully saturated rings. The molecule has 0 bridgehead atoms. The number of hydrogen-bond acceptors (Lipinski definition) is 2. The minimum Gasteiger partial charge on any atom is -0.492 e. The summed E-state index contributed by atoms with van der Waals surface area (Å²) in [7, 11) is 0.975. The van der Waals surface area contributed by atoms with Gasteiger partial charge in [-0.3, -0.25) is 4.79 Å². The molecule has 1 aromatic carbocycles. The van der Waals surface area contributed by atoms with Gasteiger partial charge in [0.25, 0.3) is 5.78 Å². The van der Waals surface area contributed by atoms with Gasteiger partial charge >= 0.3 is 6.18 Å². The van der Waals surface area contributed by atoms with Crippen LogP contribution in [0.5, 0.6) is 5.75 Å². The molecule has 0 saturated heterocycles. The summed E-state index contributed by atoms with van der Waals surface area (Å²) < 4.78 is 67.1. The summed E-state index contributed by atoms with van der Waals surface area (Å²) in [6.45, 7) is 0. The van der Waals surface area contributed by atoms with Crippen LogP contribution in [0.4, 0.5) is 22.0 Å². The average Bonchev–Trinajstić information content (AvgIpc) is 2.15. The number of benzene rings is 1. The number of alkyl halides is 3. The van der Waals surface area contributed by atoms with Gasteiger partial charge in [0.2, 0.25) is 0 Å². The van der Waals surface area contributed by atoms with Crippen molar-refractivity contribution >= 4 is 21.7 Å². The molecule has 0 N–H and O–H groups in total. The van der Waals surface area contributed by atoms with Crippen LogP contribution in [0.1, 0.15) is 10.4 Å². The highest BCUT2D eigenvalue weighted by Gasteiger charge is 2.43. The number of rotatable bonds is 2. The maximum atomic E-state index is 13.5. The Kier molecular flexibility index (Phi) is 3.75. The summed E-state index contributed by atoms with van der Waals surface area (Å²) >= 11 is 2.69. The fourth-order valence-electron chi connectivity index (χ4n) is 1.11. The monoisotopic (exact) mass is 318 g/mol. The van der Waals surface area contributed by atoms with E-state index >= 15 is 0 Å². The molecule has 2 nitrogen and oxygen atoms in total. The van der Waals surface area contributed by atoms with Crippen LogP contribution in [0, 0.1) is 11.6 Å². The van der Waals surface area contributed by atoms with Gasteiger partial charge in [-0.15, -0.1) is 0 Å². The quantitative estimate of drug-likeness (QED) is 0.616. The number of methoxy groups -OCH3 is 1. The van der Waals surface area contributed by atoms with Crippen LogP contribution in [0.15, 0.2) is 10.5 Å². The Morgan fingerprint density at radius 1 is 1.35 bits per heavy atom. The smallest absolute Gasteiger partial charge is 0.455 e. The number of Topliss-reactive ketones (excluding diaryl/α,β-unsaturated/α-hetero) is 1. The topological polar surface area (TPSA) is 26.3 Å². The minimum absolute atomic E-state index is 0.228. The number of hydrogen-bond donors (Lipinski definition) is 0. The van der Waals surface area contributed by atoms with E-state index in [0.717, 1.165) is 7.11 Å². The lowest BCUT2D eigenvalue weighted by Gasteiger charge is -2.11. The van der Waals surface area contributed by atoms with Gasteiger partial charge in [0, 0.05) is 0 Å². The molecule has 0 heterocycles. The molecule has 0 aromatic heterocycles. The van der Waals surface area contributed by atoms with Crippen LogP contribution in [0.3, 0.4) is 0 Å². The Balaban J connectivity index is 3.50. The lowest BCUT2D eigenvalue weighted by Crippen LogP contribution is -2.25. The fraction of sp³-hybridized carbons (Fsp3) is 0.222. The molecule has 0 saturated carbocycles. The first-order valence-electron chi connectivity index (χ1n) is 4.03. The predicted molar refractivity (Wildman–Crippen MR) is 51.0 cm³/mol. The molecule has 0 atom stereocenters. The van der Waals surface area contributed by atoms with Gasteiger partial charge < -0.3 is 4.74 Å². The Bertz CT molecular complexity index is 469. The van der Waals surface area contributed by atoms with E-state index in [-0.39, 0.29) is 4.47 Å². The number of halogens is 6. The lowest BCUT2D eigenvalue weighted by molar-refractivity contribution is -0.0890. The Labute approximate surface area is 100 Å². The van der Waals surface area contributed by atoms with E-state index in [0.29, 0.717) is 6.07 Å². The van der Waals surface area contributed by atoms with Gasteiger partial charge in [-0.05, 0) is 22.0 Å². The van der Waals surface area contributed by atoms with Crippen LogP contribution in [-0.4, -0.2) is 19.1 Å². The van der Waals surface area contributed by atoms with E-state index in [1.54, 1.807) is 0 Å². The fourth-order valence-corrected chi connectivity index (χ4v) is 1.65. The van der Waals surface area contributed by atoms with Crippen molar-refractivity contribution in [2.24, 2.45) is 0 Å². The molecule has 0 aliphatic rings. The van der Waals surface area contributed by atoms with Gasteiger partial charge in [-0.25, -0.2) is 8.78 Å². The average molecular weight is 319 g/mol. The van der Waals surface area contributed by atoms with Crippen molar-refractivity contribution in [1.29, 1.82) is 0 Å². The second-order valence-electron chi connectivity index (χ2n) is 2.89. The predicted octanol–water partition coefficient (Wildman–Crippen LogP) is 3.48. The lowest BCUT2D eigenvalue weighted by atomic mass is 10.1. The summed E-state index contributed by atoms with van der Waals surface area (Å²) in [5.74, 6) is -6.57. The summed E-state index contributed by atoms with van der Waals surface area (Å²) in [5.41, 5.74) is -1.68.